The zero-order valence-corrected chi connectivity index (χ0v) is 19.6. The molecule has 4 nitrogen and oxygen atoms in total. The maximum atomic E-state index is 12.4. The number of ether oxygens (including phenoxy) is 1. The van der Waals surface area contributed by atoms with Gasteiger partial charge < -0.3 is 15.4 Å². The fourth-order valence-electron chi connectivity index (χ4n) is 3.35. The number of rotatable bonds is 10. The smallest absolute Gasteiger partial charge is 0.288 e. The van der Waals surface area contributed by atoms with Gasteiger partial charge in [-0.25, -0.2) is 0 Å². The van der Waals surface area contributed by atoms with Gasteiger partial charge in [0.15, 0.2) is 0 Å². The summed E-state index contributed by atoms with van der Waals surface area (Å²) < 4.78 is 30.6. The largest absolute Gasteiger partial charge is 0.457 e. The number of thioether (sulfide) groups is 1. The Bertz CT molecular complexity index is 1220. The van der Waals surface area contributed by atoms with Crippen LogP contribution in [0.2, 0.25) is 0 Å². The summed E-state index contributed by atoms with van der Waals surface area (Å²) in [5.41, 5.74) is 3.52. The second-order valence-corrected chi connectivity index (χ2v) is 8.80. The van der Waals surface area contributed by atoms with E-state index in [1.807, 2.05) is 78.9 Å². The van der Waals surface area contributed by atoms with Crippen LogP contribution in [0.15, 0.2) is 108 Å². The number of carbonyl (C=O) groups excluding carboxylic acids is 1. The number of nitrogens with one attached hydrogen (secondary N) is 2. The lowest BCUT2D eigenvalue weighted by Crippen LogP contribution is -2.14. The molecular weight excluding hydrogens is 466 g/mol. The van der Waals surface area contributed by atoms with Crippen molar-refractivity contribution >= 4 is 29.0 Å². The molecule has 4 rings (SSSR count). The third-order valence-corrected chi connectivity index (χ3v) is 5.80. The highest BCUT2D eigenvalue weighted by atomic mass is 32.2. The van der Waals surface area contributed by atoms with Gasteiger partial charge in [-0.2, -0.15) is 8.78 Å². The predicted molar refractivity (Wildman–Crippen MR) is 137 cm³/mol. The van der Waals surface area contributed by atoms with Crippen LogP contribution in [-0.2, 0) is 17.8 Å². The number of alkyl halides is 2. The number of benzene rings is 4. The summed E-state index contributed by atoms with van der Waals surface area (Å²) in [6, 6.07) is 31.6. The van der Waals surface area contributed by atoms with E-state index in [1.54, 1.807) is 24.3 Å². The summed E-state index contributed by atoms with van der Waals surface area (Å²) in [4.78, 5) is 12.8. The average Bonchev–Trinajstić information content (AvgIpc) is 2.86. The molecule has 0 saturated carbocycles. The Morgan fingerprint density at radius 3 is 2.00 bits per heavy atom. The van der Waals surface area contributed by atoms with Crippen LogP contribution >= 0.6 is 11.8 Å². The molecule has 0 spiro atoms. The van der Waals surface area contributed by atoms with Crippen molar-refractivity contribution in [2.75, 3.05) is 10.6 Å². The van der Waals surface area contributed by atoms with E-state index in [0.29, 0.717) is 28.9 Å². The molecule has 4 aromatic carbocycles. The van der Waals surface area contributed by atoms with Crippen molar-refractivity contribution in [1.29, 1.82) is 0 Å². The van der Waals surface area contributed by atoms with Gasteiger partial charge in [0.1, 0.15) is 11.5 Å². The van der Waals surface area contributed by atoms with E-state index in [9.17, 15) is 13.6 Å². The minimum atomic E-state index is -2.46. The molecule has 2 N–H and O–H groups in total. The Balaban J connectivity index is 1.23. The number of carbonyl (C=O) groups is 1. The van der Waals surface area contributed by atoms with Gasteiger partial charge in [0.05, 0.1) is 6.42 Å². The zero-order chi connectivity index (χ0) is 24.5. The van der Waals surface area contributed by atoms with Gasteiger partial charge in [0.2, 0.25) is 5.91 Å². The van der Waals surface area contributed by atoms with Crippen molar-refractivity contribution in [3.63, 3.8) is 0 Å². The number of hydrogen-bond acceptors (Lipinski definition) is 4. The molecule has 0 aliphatic carbocycles. The molecule has 0 aromatic heterocycles. The van der Waals surface area contributed by atoms with Crippen molar-refractivity contribution in [2.45, 2.75) is 23.6 Å². The SMILES string of the molecule is O=C(Cc1ccc(NCc2ccc(Oc3ccccc3)cc2)cc1)Nc1ccc(SC(F)F)cc1. The number of halogens is 2. The van der Waals surface area contributed by atoms with Crippen LogP contribution in [-0.4, -0.2) is 11.7 Å². The summed E-state index contributed by atoms with van der Waals surface area (Å²) >= 11 is 0.476. The Morgan fingerprint density at radius 1 is 0.743 bits per heavy atom. The predicted octanol–water partition coefficient (Wildman–Crippen LogP) is 7.59. The molecule has 0 heterocycles. The van der Waals surface area contributed by atoms with Crippen LogP contribution in [0.1, 0.15) is 11.1 Å². The van der Waals surface area contributed by atoms with Crippen molar-refractivity contribution in [1.82, 2.24) is 0 Å². The minimum Gasteiger partial charge on any atom is -0.457 e. The molecule has 7 heteroatoms. The molecule has 0 bridgehead atoms. The highest BCUT2D eigenvalue weighted by Gasteiger charge is 2.07. The normalized spacial score (nSPS) is 10.7. The van der Waals surface area contributed by atoms with Gasteiger partial charge in [-0.1, -0.05) is 54.2 Å². The van der Waals surface area contributed by atoms with Crippen molar-refractivity contribution < 1.29 is 18.3 Å². The summed E-state index contributed by atoms with van der Waals surface area (Å²) in [5, 5.41) is 6.16. The maximum Gasteiger partial charge on any atom is 0.288 e. The van der Waals surface area contributed by atoms with E-state index in [4.69, 9.17) is 4.74 Å². The van der Waals surface area contributed by atoms with Crippen molar-refractivity contribution in [2.24, 2.45) is 0 Å². The van der Waals surface area contributed by atoms with E-state index >= 15 is 0 Å². The van der Waals surface area contributed by atoms with Gasteiger partial charge in [-0.15, -0.1) is 0 Å². The molecule has 178 valence electrons. The van der Waals surface area contributed by atoms with Crippen LogP contribution in [0.5, 0.6) is 11.5 Å². The lowest BCUT2D eigenvalue weighted by Gasteiger charge is -2.10. The first-order valence-corrected chi connectivity index (χ1v) is 11.9. The Hall–Kier alpha value is -3.84. The second-order valence-electron chi connectivity index (χ2n) is 7.74. The Morgan fingerprint density at radius 2 is 1.34 bits per heavy atom. The van der Waals surface area contributed by atoms with Crippen LogP contribution in [0.4, 0.5) is 20.2 Å². The van der Waals surface area contributed by atoms with E-state index in [1.165, 1.54) is 0 Å². The monoisotopic (exact) mass is 490 g/mol. The number of amides is 1. The zero-order valence-electron chi connectivity index (χ0n) is 18.8. The minimum absolute atomic E-state index is 0.169. The molecule has 0 radical (unpaired) electrons. The average molecular weight is 491 g/mol. The van der Waals surface area contributed by atoms with Crippen LogP contribution in [0.25, 0.3) is 0 Å². The lowest BCUT2D eigenvalue weighted by molar-refractivity contribution is -0.115. The Labute approximate surface area is 207 Å². The topological polar surface area (TPSA) is 50.4 Å². The molecule has 0 aliphatic rings. The summed E-state index contributed by atoms with van der Waals surface area (Å²) in [6.45, 7) is 0.658. The highest BCUT2D eigenvalue weighted by molar-refractivity contribution is 7.99. The molecule has 0 fully saturated rings. The molecule has 0 aliphatic heterocycles. The molecule has 0 atom stereocenters. The van der Waals surface area contributed by atoms with E-state index in [2.05, 4.69) is 10.6 Å². The first kappa shape index (κ1) is 24.3. The molecule has 4 aromatic rings. The fourth-order valence-corrected chi connectivity index (χ4v) is 3.85. The fraction of sp³-hybridized carbons (Fsp3) is 0.107. The van der Waals surface area contributed by atoms with Crippen LogP contribution in [0, 0.1) is 0 Å². The van der Waals surface area contributed by atoms with Gasteiger partial charge in [-0.05, 0) is 71.8 Å². The van der Waals surface area contributed by atoms with Crippen molar-refractivity contribution in [3.05, 3.63) is 114 Å². The molecular formula is C28H24F2N2O2S. The lowest BCUT2D eigenvalue weighted by atomic mass is 10.1. The van der Waals surface area contributed by atoms with Crippen LogP contribution in [0.3, 0.4) is 0 Å². The number of anilines is 2. The third kappa shape index (κ3) is 7.86. The summed E-state index contributed by atoms with van der Waals surface area (Å²) in [5.74, 6) is -1.05. The van der Waals surface area contributed by atoms with Gasteiger partial charge in [0.25, 0.3) is 5.76 Å². The second kappa shape index (κ2) is 12.0. The summed E-state index contributed by atoms with van der Waals surface area (Å²) in [6.07, 6.45) is 0.219. The van der Waals surface area contributed by atoms with E-state index < -0.39 is 5.76 Å². The molecule has 35 heavy (non-hydrogen) atoms. The summed E-state index contributed by atoms with van der Waals surface area (Å²) in [7, 11) is 0. The van der Waals surface area contributed by atoms with Gasteiger partial charge >= 0.3 is 0 Å². The Kier molecular flexibility index (Phi) is 8.35. The molecule has 1 amide bonds. The standard InChI is InChI=1S/C28H24F2N2O2S/c29-28(30)35-26-16-12-23(13-17-26)32-27(33)18-20-6-10-22(11-7-20)31-19-21-8-14-25(15-9-21)34-24-4-2-1-3-5-24/h1-17,28,31H,18-19H2,(H,32,33). The first-order valence-electron chi connectivity index (χ1n) is 11.0. The first-order chi connectivity index (χ1) is 17.0. The van der Waals surface area contributed by atoms with Crippen LogP contribution < -0.4 is 15.4 Å². The highest BCUT2D eigenvalue weighted by Crippen LogP contribution is 2.26. The maximum absolute atomic E-state index is 12.4. The quantitative estimate of drug-likeness (QED) is 0.225. The third-order valence-electron chi connectivity index (χ3n) is 5.08. The number of hydrogen-bond donors (Lipinski definition) is 2. The van der Waals surface area contributed by atoms with E-state index in [0.717, 1.165) is 28.3 Å². The number of para-hydroxylation sites is 1. The van der Waals surface area contributed by atoms with Gasteiger partial charge in [0, 0.05) is 22.8 Å². The van der Waals surface area contributed by atoms with Gasteiger partial charge in [-0.3, -0.25) is 4.79 Å². The van der Waals surface area contributed by atoms with E-state index in [-0.39, 0.29) is 12.3 Å². The molecule has 0 unspecified atom stereocenters. The van der Waals surface area contributed by atoms with Crippen molar-refractivity contribution in [3.8, 4) is 11.5 Å². The molecule has 0 saturated heterocycles.